The molecule has 0 radical (unpaired) electrons. The van der Waals surface area contributed by atoms with Crippen LogP contribution in [-0.2, 0) is 16.1 Å². The molecule has 0 aromatic carbocycles. The number of amides is 1. The summed E-state index contributed by atoms with van der Waals surface area (Å²) in [5, 5.41) is 17.2. The van der Waals surface area contributed by atoms with E-state index < -0.39 is 24.3 Å². The maximum Gasteiger partial charge on any atom is 0.490 e. The number of aliphatic carboxylic acids is 2. The molecule has 1 amide bonds. The molecule has 0 unspecified atom stereocenters. The highest BCUT2D eigenvalue weighted by Crippen LogP contribution is 2.22. The van der Waals surface area contributed by atoms with E-state index in [4.69, 9.17) is 19.8 Å². The molecule has 18 heteroatoms. The van der Waals surface area contributed by atoms with Crippen LogP contribution in [-0.4, -0.2) is 69.3 Å². The second-order valence-electron chi connectivity index (χ2n) is 8.24. The molecule has 0 bridgehead atoms. The first-order chi connectivity index (χ1) is 20.7. The SMILES string of the molecule is O=C(NCc1ccncc1)c1nc(-c2cn(-c3ccccn3)cn2)n2ccccc12.O=C(O)C(F)(F)F.O=C(O)C(F)(F)F. The van der Waals surface area contributed by atoms with Crippen molar-refractivity contribution in [2.24, 2.45) is 0 Å². The maximum absolute atomic E-state index is 12.9. The van der Waals surface area contributed by atoms with E-state index in [0.717, 1.165) is 11.4 Å². The molecule has 44 heavy (non-hydrogen) atoms. The Hall–Kier alpha value is -5.81. The summed E-state index contributed by atoms with van der Waals surface area (Å²) in [7, 11) is 0. The van der Waals surface area contributed by atoms with Gasteiger partial charge in [0, 0.05) is 37.5 Å². The number of carboxylic acids is 2. The number of fused-ring (bicyclic) bond motifs is 1. The van der Waals surface area contributed by atoms with E-state index in [0.29, 0.717) is 29.3 Å². The fourth-order valence-electron chi connectivity index (χ4n) is 3.22. The highest BCUT2D eigenvalue weighted by Gasteiger charge is 2.38. The molecule has 5 rings (SSSR count). The van der Waals surface area contributed by atoms with Crippen LogP contribution >= 0.6 is 0 Å². The first-order valence-corrected chi connectivity index (χ1v) is 11.9. The van der Waals surface area contributed by atoms with E-state index in [9.17, 15) is 31.1 Å². The monoisotopic (exact) mass is 623 g/mol. The Morgan fingerprint density at radius 2 is 1.43 bits per heavy atom. The summed E-state index contributed by atoms with van der Waals surface area (Å²) in [6.45, 7) is 0.400. The number of carboxylic acid groups (broad SMARTS) is 2. The molecule has 230 valence electrons. The molecule has 3 N–H and O–H groups in total. The van der Waals surface area contributed by atoms with Crippen LogP contribution in [0.3, 0.4) is 0 Å². The quantitative estimate of drug-likeness (QED) is 0.244. The van der Waals surface area contributed by atoms with E-state index in [1.54, 1.807) is 24.9 Å². The second kappa shape index (κ2) is 13.9. The Balaban J connectivity index is 0.000000317. The van der Waals surface area contributed by atoms with E-state index >= 15 is 0 Å². The van der Waals surface area contributed by atoms with Gasteiger partial charge in [-0.3, -0.25) is 18.7 Å². The number of hydrogen-bond donors (Lipinski definition) is 3. The number of imidazole rings is 2. The summed E-state index contributed by atoms with van der Waals surface area (Å²) in [6, 6.07) is 15.0. The third-order valence-electron chi connectivity index (χ3n) is 5.18. The third-order valence-corrected chi connectivity index (χ3v) is 5.18. The van der Waals surface area contributed by atoms with E-state index in [1.807, 2.05) is 69.9 Å². The molecular weight excluding hydrogens is 604 g/mol. The number of halogens is 6. The lowest BCUT2D eigenvalue weighted by Crippen LogP contribution is -2.23. The molecule has 5 aromatic rings. The minimum absolute atomic E-state index is 0.245. The number of aromatic nitrogens is 6. The fraction of sp³-hybridized carbons (Fsp3) is 0.115. The van der Waals surface area contributed by atoms with Crippen LogP contribution in [0.2, 0.25) is 0 Å². The number of nitrogens with one attached hydrogen (secondary N) is 1. The molecule has 0 fully saturated rings. The minimum atomic E-state index is -5.08. The number of alkyl halides is 6. The average Bonchev–Trinajstić information content (AvgIpc) is 3.62. The summed E-state index contributed by atoms with van der Waals surface area (Å²) >= 11 is 0. The van der Waals surface area contributed by atoms with Gasteiger partial charge in [0.2, 0.25) is 0 Å². The van der Waals surface area contributed by atoms with Crippen LogP contribution in [0.25, 0.3) is 22.9 Å². The Morgan fingerprint density at radius 3 is 2.00 bits per heavy atom. The minimum Gasteiger partial charge on any atom is -0.475 e. The Labute approximate surface area is 242 Å². The smallest absolute Gasteiger partial charge is 0.475 e. The fourth-order valence-corrected chi connectivity index (χ4v) is 3.22. The maximum atomic E-state index is 12.9. The van der Waals surface area contributed by atoms with Crippen LogP contribution < -0.4 is 5.32 Å². The van der Waals surface area contributed by atoms with Gasteiger partial charge in [0.1, 0.15) is 17.8 Å². The molecule has 0 atom stereocenters. The summed E-state index contributed by atoms with van der Waals surface area (Å²) in [5.74, 6) is -4.41. The van der Waals surface area contributed by atoms with Gasteiger partial charge in [-0.2, -0.15) is 26.3 Å². The first kappa shape index (κ1) is 32.7. The molecule has 5 aromatic heterocycles. The lowest BCUT2D eigenvalue weighted by Gasteiger charge is -2.03. The van der Waals surface area contributed by atoms with E-state index in [1.165, 1.54) is 0 Å². The highest BCUT2D eigenvalue weighted by atomic mass is 19.4. The molecule has 0 aliphatic heterocycles. The van der Waals surface area contributed by atoms with Gasteiger partial charge in [0.15, 0.2) is 11.5 Å². The van der Waals surface area contributed by atoms with Crippen LogP contribution in [0.1, 0.15) is 16.1 Å². The van der Waals surface area contributed by atoms with Gasteiger partial charge in [-0.25, -0.2) is 24.5 Å². The molecular formula is C26H19F6N7O5. The standard InChI is InChI=1S/C22H17N7O.2C2HF3O2/c30-22(25-13-16-7-10-23-11-8-16)20-18-5-2-4-12-29(18)21(27-20)17-14-28(15-26-17)19-6-1-3-9-24-19;2*3-2(4,5)1(6)7/h1-12,14-15H,13H2,(H,25,30);2*(H,6,7). The topological polar surface area (TPSA) is 165 Å². The van der Waals surface area contributed by atoms with Crippen molar-refractivity contribution < 1.29 is 50.9 Å². The molecule has 0 saturated heterocycles. The van der Waals surface area contributed by atoms with Crippen molar-refractivity contribution in [1.29, 1.82) is 0 Å². The molecule has 0 aliphatic carbocycles. The van der Waals surface area contributed by atoms with Crippen LogP contribution in [0.15, 0.2) is 85.8 Å². The van der Waals surface area contributed by atoms with Gasteiger partial charge in [-0.1, -0.05) is 12.1 Å². The molecule has 0 spiro atoms. The zero-order valence-electron chi connectivity index (χ0n) is 21.9. The second-order valence-corrected chi connectivity index (χ2v) is 8.24. The van der Waals surface area contributed by atoms with Gasteiger partial charge in [0.25, 0.3) is 5.91 Å². The van der Waals surface area contributed by atoms with Gasteiger partial charge in [-0.15, -0.1) is 0 Å². The lowest BCUT2D eigenvalue weighted by atomic mass is 10.2. The zero-order valence-corrected chi connectivity index (χ0v) is 21.9. The number of rotatable bonds is 5. The first-order valence-electron chi connectivity index (χ1n) is 11.9. The van der Waals surface area contributed by atoms with E-state index in [-0.39, 0.29) is 5.91 Å². The van der Waals surface area contributed by atoms with Gasteiger partial charge in [0.05, 0.1) is 5.52 Å². The van der Waals surface area contributed by atoms with Crippen molar-refractivity contribution >= 4 is 23.4 Å². The molecule has 5 heterocycles. The van der Waals surface area contributed by atoms with Crippen molar-refractivity contribution in [2.75, 3.05) is 0 Å². The average molecular weight is 623 g/mol. The Kier molecular flexibility index (Phi) is 10.3. The number of pyridine rings is 3. The van der Waals surface area contributed by atoms with Crippen LogP contribution in [0.4, 0.5) is 26.3 Å². The number of carbonyl (C=O) groups excluding carboxylic acids is 1. The summed E-state index contributed by atoms with van der Waals surface area (Å²) in [6.07, 6.45) is 0.364. The number of hydrogen-bond acceptors (Lipinski definition) is 7. The van der Waals surface area contributed by atoms with Crippen molar-refractivity contribution in [1.82, 2.24) is 34.2 Å². The lowest BCUT2D eigenvalue weighted by molar-refractivity contribution is -0.193. The molecule has 0 saturated carbocycles. The zero-order chi connectivity index (χ0) is 32.5. The van der Waals surface area contributed by atoms with Crippen molar-refractivity contribution in [3.05, 3.63) is 97.1 Å². The summed E-state index contributed by atoms with van der Waals surface area (Å²) in [4.78, 5) is 48.1. The van der Waals surface area contributed by atoms with Crippen LogP contribution in [0, 0.1) is 0 Å². The predicted octanol–water partition coefficient (Wildman–Crippen LogP) is 4.17. The molecule has 12 nitrogen and oxygen atoms in total. The van der Waals surface area contributed by atoms with Gasteiger partial charge < -0.3 is 15.5 Å². The largest absolute Gasteiger partial charge is 0.490 e. The van der Waals surface area contributed by atoms with E-state index in [2.05, 4.69) is 25.3 Å². The predicted molar refractivity (Wildman–Crippen MR) is 138 cm³/mol. The summed E-state index contributed by atoms with van der Waals surface area (Å²) < 4.78 is 67.2. The van der Waals surface area contributed by atoms with Gasteiger partial charge >= 0.3 is 24.3 Å². The number of carbonyl (C=O) groups is 3. The Morgan fingerprint density at radius 1 is 0.818 bits per heavy atom. The van der Waals surface area contributed by atoms with Crippen LogP contribution in [0.5, 0.6) is 0 Å². The normalized spacial score (nSPS) is 11.0. The number of nitrogens with zero attached hydrogens (tertiary/aromatic N) is 6. The molecule has 0 aliphatic rings. The van der Waals surface area contributed by atoms with Crippen molar-refractivity contribution in [2.45, 2.75) is 18.9 Å². The van der Waals surface area contributed by atoms with Gasteiger partial charge in [-0.05, 0) is 42.0 Å². The van der Waals surface area contributed by atoms with Crippen molar-refractivity contribution in [3.8, 4) is 17.3 Å². The summed E-state index contributed by atoms with van der Waals surface area (Å²) in [5.41, 5.74) is 2.69. The van der Waals surface area contributed by atoms with Crippen molar-refractivity contribution in [3.63, 3.8) is 0 Å². The highest BCUT2D eigenvalue weighted by molar-refractivity contribution is 5.99. The third kappa shape index (κ3) is 8.84. The Bertz CT molecular complexity index is 1700.